The lowest BCUT2D eigenvalue weighted by Crippen LogP contribution is -2.02. The van der Waals surface area contributed by atoms with Gasteiger partial charge < -0.3 is 9.47 Å². The van der Waals surface area contributed by atoms with Crippen LogP contribution in [-0.4, -0.2) is 24.2 Å². The Kier molecular flexibility index (Phi) is 5.64. The van der Waals surface area contributed by atoms with Crippen molar-refractivity contribution < 1.29 is 9.47 Å². The van der Waals surface area contributed by atoms with Crippen molar-refractivity contribution in [2.45, 2.75) is 19.8 Å². The third-order valence-corrected chi connectivity index (χ3v) is 4.74. The zero-order chi connectivity index (χ0) is 15.4. The fourth-order valence-electron chi connectivity index (χ4n) is 1.97. The van der Waals surface area contributed by atoms with Crippen LogP contribution in [0.3, 0.4) is 0 Å². The number of nitrogens with zero attached hydrogens (tertiary/aromatic N) is 2. The van der Waals surface area contributed by atoms with Crippen LogP contribution in [0.15, 0.2) is 18.2 Å². The molecule has 6 heteroatoms. The van der Waals surface area contributed by atoms with E-state index in [1.165, 1.54) is 0 Å². The summed E-state index contributed by atoms with van der Waals surface area (Å²) in [6, 6.07) is 5.54. The predicted octanol–water partition coefficient (Wildman–Crippen LogP) is 4.37. The first kappa shape index (κ1) is 16.3. The number of rotatable bonds is 5. The van der Waals surface area contributed by atoms with Crippen LogP contribution in [0.5, 0.6) is 11.5 Å². The van der Waals surface area contributed by atoms with Crippen LogP contribution >= 0.6 is 34.2 Å². The van der Waals surface area contributed by atoms with Crippen LogP contribution in [0.1, 0.15) is 19.0 Å². The van der Waals surface area contributed by atoms with Gasteiger partial charge in [-0.05, 0) is 41.1 Å². The van der Waals surface area contributed by atoms with Crippen molar-refractivity contribution in [2.75, 3.05) is 14.2 Å². The molecule has 0 fully saturated rings. The van der Waals surface area contributed by atoms with Gasteiger partial charge in [0.05, 0.1) is 29.0 Å². The standard InChI is InChI=1S/C15H16ClIN2O2/c1-4-5-11-13(17)14(16)19-15(18-11)10-7-6-9(20-2)8-12(10)21-3/h6-8H,4-5H2,1-3H3. The van der Waals surface area contributed by atoms with Gasteiger partial charge in [-0.1, -0.05) is 24.9 Å². The zero-order valence-corrected chi connectivity index (χ0v) is 15.0. The van der Waals surface area contributed by atoms with Gasteiger partial charge in [0.25, 0.3) is 0 Å². The van der Waals surface area contributed by atoms with Crippen molar-refractivity contribution in [2.24, 2.45) is 0 Å². The number of aromatic nitrogens is 2. The molecule has 1 aromatic carbocycles. The molecule has 0 N–H and O–H groups in total. The molecule has 112 valence electrons. The maximum atomic E-state index is 6.23. The predicted molar refractivity (Wildman–Crippen MR) is 92.3 cm³/mol. The maximum Gasteiger partial charge on any atom is 0.164 e. The molecule has 4 nitrogen and oxygen atoms in total. The second-order valence-corrected chi connectivity index (χ2v) is 5.85. The second-order valence-electron chi connectivity index (χ2n) is 4.41. The summed E-state index contributed by atoms with van der Waals surface area (Å²) in [5.74, 6) is 1.96. The molecule has 0 unspecified atom stereocenters. The molecule has 0 spiro atoms. The Balaban J connectivity index is 2.56. The van der Waals surface area contributed by atoms with Gasteiger partial charge in [-0.3, -0.25) is 0 Å². The third kappa shape index (κ3) is 3.58. The summed E-state index contributed by atoms with van der Waals surface area (Å²) in [6.45, 7) is 2.11. The Labute approximate surface area is 143 Å². The number of halogens is 2. The Morgan fingerprint density at radius 2 is 1.95 bits per heavy atom. The SMILES string of the molecule is CCCc1nc(-c2ccc(OC)cc2OC)nc(Cl)c1I. The maximum absolute atomic E-state index is 6.23. The summed E-state index contributed by atoms with van der Waals surface area (Å²) < 4.78 is 11.5. The van der Waals surface area contributed by atoms with Gasteiger partial charge in [-0.25, -0.2) is 9.97 Å². The molecular formula is C15H16ClIN2O2. The Morgan fingerprint density at radius 1 is 1.19 bits per heavy atom. The number of hydrogen-bond donors (Lipinski definition) is 0. The Hall–Kier alpha value is -1.08. The van der Waals surface area contributed by atoms with E-state index in [0.717, 1.165) is 33.4 Å². The molecule has 0 saturated carbocycles. The van der Waals surface area contributed by atoms with E-state index >= 15 is 0 Å². The van der Waals surface area contributed by atoms with E-state index in [2.05, 4.69) is 39.5 Å². The molecule has 21 heavy (non-hydrogen) atoms. The van der Waals surface area contributed by atoms with E-state index in [0.29, 0.717) is 16.7 Å². The fraction of sp³-hybridized carbons (Fsp3) is 0.333. The number of aryl methyl sites for hydroxylation is 1. The molecule has 0 radical (unpaired) electrons. The van der Waals surface area contributed by atoms with E-state index in [1.807, 2.05) is 18.2 Å². The van der Waals surface area contributed by atoms with Crippen molar-refractivity contribution in [1.82, 2.24) is 9.97 Å². The van der Waals surface area contributed by atoms with Gasteiger partial charge in [-0.2, -0.15) is 0 Å². The molecular weight excluding hydrogens is 403 g/mol. The largest absolute Gasteiger partial charge is 0.497 e. The van der Waals surface area contributed by atoms with Gasteiger partial charge in [0, 0.05) is 6.07 Å². The summed E-state index contributed by atoms with van der Waals surface area (Å²) in [5.41, 5.74) is 1.76. The smallest absolute Gasteiger partial charge is 0.164 e. The Morgan fingerprint density at radius 3 is 2.57 bits per heavy atom. The number of hydrogen-bond acceptors (Lipinski definition) is 4. The van der Waals surface area contributed by atoms with E-state index in [4.69, 9.17) is 21.1 Å². The van der Waals surface area contributed by atoms with E-state index in [-0.39, 0.29) is 0 Å². The molecule has 1 heterocycles. The summed E-state index contributed by atoms with van der Waals surface area (Å²) in [7, 11) is 3.23. The summed E-state index contributed by atoms with van der Waals surface area (Å²) >= 11 is 8.42. The highest BCUT2D eigenvalue weighted by atomic mass is 127. The lowest BCUT2D eigenvalue weighted by atomic mass is 10.1. The van der Waals surface area contributed by atoms with Crippen LogP contribution in [0.4, 0.5) is 0 Å². The first-order chi connectivity index (χ1) is 10.1. The molecule has 2 rings (SSSR count). The lowest BCUT2D eigenvalue weighted by Gasteiger charge is -2.12. The number of ether oxygens (including phenoxy) is 2. The number of benzene rings is 1. The minimum Gasteiger partial charge on any atom is -0.497 e. The molecule has 1 aromatic heterocycles. The van der Waals surface area contributed by atoms with E-state index in [1.54, 1.807) is 14.2 Å². The van der Waals surface area contributed by atoms with Crippen molar-refractivity contribution >= 4 is 34.2 Å². The van der Waals surface area contributed by atoms with E-state index < -0.39 is 0 Å². The van der Waals surface area contributed by atoms with Crippen LogP contribution in [0.25, 0.3) is 11.4 Å². The summed E-state index contributed by atoms with van der Waals surface area (Å²) in [4.78, 5) is 9.01. The van der Waals surface area contributed by atoms with Gasteiger partial charge in [0.1, 0.15) is 16.7 Å². The van der Waals surface area contributed by atoms with Crippen LogP contribution in [0.2, 0.25) is 5.15 Å². The first-order valence-electron chi connectivity index (χ1n) is 6.55. The van der Waals surface area contributed by atoms with Crippen molar-refractivity contribution in [1.29, 1.82) is 0 Å². The van der Waals surface area contributed by atoms with Gasteiger partial charge in [-0.15, -0.1) is 0 Å². The molecule has 0 bridgehead atoms. The van der Waals surface area contributed by atoms with Gasteiger partial charge in [0.2, 0.25) is 0 Å². The minimum absolute atomic E-state index is 0.474. The fourth-order valence-corrected chi connectivity index (χ4v) is 2.67. The van der Waals surface area contributed by atoms with Crippen molar-refractivity contribution in [3.63, 3.8) is 0 Å². The highest BCUT2D eigenvalue weighted by Gasteiger charge is 2.15. The molecule has 2 aromatic rings. The highest BCUT2D eigenvalue weighted by molar-refractivity contribution is 14.1. The Bertz CT molecular complexity index is 650. The quantitative estimate of drug-likeness (QED) is 0.534. The molecule has 0 atom stereocenters. The first-order valence-corrected chi connectivity index (χ1v) is 8.00. The topological polar surface area (TPSA) is 44.2 Å². The van der Waals surface area contributed by atoms with Crippen molar-refractivity contribution in [3.05, 3.63) is 32.6 Å². The monoisotopic (exact) mass is 418 g/mol. The molecule has 0 aliphatic rings. The molecule has 0 amide bonds. The zero-order valence-electron chi connectivity index (χ0n) is 12.1. The normalized spacial score (nSPS) is 10.5. The highest BCUT2D eigenvalue weighted by Crippen LogP contribution is 2.33. The van der Waals surface area contributed by atoms with E-state index in [9.17, 15) is 0 Å². The van der Waals surface area contributed by atoms with Crippen molar-refractivity contribution in [3.8, 4) is 22.9 Å². The third-order valence-electron chi connectivity index (χ3n) is 3.02. The van der Waals surface area contributed by atoms with Gasteiger partial charge in [0.15, 0.2) is 5.82 Å². The minimum atomic E-state index is 0.474. The molecule has 0 aliphatic heterocycles. The molecule has 0 aliphatic carbocycles. The van der Waals surface area contributed by atoms with Crippen LogP contribution < -0.4 is 9.47 Å². The summed E-state index contributed by atoms with van der Waals surface area (Å²) in [6.07, 6.45) is 1.87. The van der Waals surface area contributed by atoms with Crippen LogP contribution in [-0.2, 0) is 6.42 Å². The average molecular weight is 419 g/mol. The molecule has 0 saturated heterocycles. The van der Waals surface area contributed by atoms with Crippen LogP contribution in [0, 0.1) is 3.57 Å². The number of methoxy groups -OCH3 is 2. The second kappa shape index (κ2) is 7.26. The van der Waals surface area contributed by atoms with Gasteiger partial charge >= 0.3 is 0 Å². The average Bonchev–Trinajstić information content (AvgIpc) is 2.51. The summed E-state index contributed by atoms with van der Waals surface area (Å²) in [5, 5.41) is 0.474. The lowest BCUT2D eigenvalue weighted by molar-refractivity contribution is 0.395.